The van der Waals surface area contributed by atoms with Crippen molar-refractivity contribution in [1.82, 2.24) is 5.32 Å². The molecule has 1 rings (SSSR count). The molecule has 0 bridgehead atoms. The molecule has 0 aromatic rings. The van der Waals surface area contributed by atoms with Crippen LogP contribution in [0, 0.1) is 17.8 Å². The van der Waals surface area contributed by atoms with Gasteiger partial charge in [-0.05, 0) is 50.1 Å². The summed E-state index contributed by atoms with van der Waals surface area (Å²) in [5.74, 6) is 3.01. The number of hydrogen-bond acceptors (Lipinski definition) is 1. The molecule has 20 heavy (non-hydrogen) atoms. The van der Waals surface area contributed by atoms with E-state index in [9.17, 15) is 0 Å². The molecule has 0 radical (unpaired) electrons. The second-order valence-corrected chi connectivity index (χ2v) is 7.01. The fourth-order valence-electron chi connectivity index (χ4n) is 3.89. The first-order valence-corrected chi connectivity index (χ1v) is 9.52. The zero-order valence-corrected chi connectivity index (χ0v) is 14.4. The average molecular weight is 282 g/mol. The minimum absolute atomic E-state index is 0.968. The van der Waals surface area contributed by atoms with Crippen LogP contribution in [0.1, 0.15) is 91.4 Å². The van der Waals surface area contributed by atoms with Crippen LogP contribution in [0.2, 0.25) is 0 Å². The minimum atomic E-state index is 0.968. The lowest BCUT2D eigenvalue weighted by Crippen LogP contribution is -2.33. The fraction of sp³-hybridized carbons (Fsp3) is 1.00. The summed E-state index contributed by atoms with van der Waals surface area (Å²) in [5, 5.41) is 3.68. The predicted octanol–water partition coefficient (Wildman–Crippen LogP) is 5.79. The van der Waals surface area contributed by atoms with E-state index in [0.29, 0.717) is 0 Å². The first kappa shape index (κ1) is 18.0. The van der Waals surface area contributed by atoms with Gasteiger partial charge in [-0.1, -0.05) is 72.1 Å². The molecule has 1 N–H and O–H groups in total. The van der Waals surface area contributed by atoms with E-state index in [2.05, 4.69) is 26.1 Å². The van der Waals surface area contributed by atoms with Crippen molar-refractivity contribution in [2.75, 3.05) is 13.1 Å². The van der Waals surface area contributed by atoms with Gasteiger partial charge in [-0.15, -0.1) is 0 Å². The molecule has 0 aromatic carbocycles. The SMILES string of the molecule is CCCCCCCC1CC(CC)CCC1CNCCC. The van der Waals surface area contributed by atoms with Crippen LogP contribution in [0.5, 0.6) is 0 Å². The Kier molecular flexibility index (Phi) is 10.4. The van der Waals surface area contributed by atoms with Gasteiger partial charge in [0.2, 0.25) is 0 Å². The number of hydrogen-bond donors (Lipinski definition) is 1. The highest BCUT2D eigenvalue weighted by atomic mass is 14.9. The zero-order chi connectivity index (χ0) is 14.6. The molecular weight excluding hydrogens is 242 g/mol. The highest BCUT2D eigenvalue weighted by molar-refractivity contribution is 4.81. The van der Waals surface area contributed by atoms with Crippen molar-refractivity contribution in [1.29, 1.82) is 0 Å². The van der Waals surface area contributed by atoms with E-state index in [-0.39, 0.29) is 0 Å². The lowest BCUT2D eigenvalue weighted by atomic mass is 9.71. The summed E-state index contributed by atoms with van der Waals surface area (Å²) in [4.78, 5) is 0. The first-order valence-electron chi connectivity index (χ1n) is 9.52. The Morgan fingerprint density at radius 2 is 1.65 bits per heavy atom. The van der Waals surface area contributed by atoms with Crippen LogP contribution in [-0.2, 0) is 0 Å². The normalized spacial score (nSPS) is 26.9. The number of unbranched alkanes of at least 4 members (excludes halogenated alkanes) is 4. The van der Waals surface area contributed by atoms with Gasteiger partial charge in [-0.3, -0.25) is 0 Å². The molecule has 0 aromatic heterocycles. The Hall–Kier alpha value is -0.0400. The summed E-state index contributed by atoms with van der Waals surface area (Å²) >= 11 is 0. The molecule has 3 unspecified atom stereocenters. The standard InChI is InChI=1S/C19H39N/c1-4-7-8-9-10-11-18-15-17(6-3)12-13-19(18)16-20-14-5-2/h17-20H,4-16H2,1-3H3. The van der Waals surface area contributed by atoms with Crippen molar-refractivity contribution in [3.05, 3.63) is 0 Å². The second-order valence-electron chi connectivity index (χ2n) is 7.01. The Morgan fingerprint density at radius 1 is 0.850 bits per heavy atom. The molecule has 0 heterocycles. The van der Waals surface area contributed by atoms with Crippen LogP contribution in [0.3, 0.4) is 0 Å². The third-order valence-corrected chi connectivity index (χ3v) is 5.34. The van der Waals surface area contributed by atoms with Crippen LogP contribution in [0.4, 0.5) is 0 Å². The van der Waals surface area contributed by atoms with Crippen LogP contribution < -0.4 is 5.32 Å². The Morgan fingerprint density at radius 3 is 2.35 bits per heavy atom. The number of nitrogens with one attached hydrogen (secondary N) is 1. The van der Waals surface area contributed by atoms with E-state index in [1.54, 1.807) is 0 Å². The maximum atomic E-state index is 3.68. The van der Waals surface area contributed by atoms with Crippen molar-refractivity contribution < 1.29 is 0 Å². The van der Waals surface area contributed by atoms with Crippen molar-refractivity contribution in [3.63, 3.8) is 0 Å². The minimum Gasteiger partial charge on any atom is -0.316 e. The van der Waals surface area contributed by atoms with E-state index < -0.39 is 0 Å². The third kappa shape index (κ3) is 7.11. The van der Waals surface area contributed by atoms with Crippen LogP contribution in [-0.4, -0.2) is 13.1 Å². The van der Waals surface area contributed by atoms with Crippen molar-refractivity contribution in [2.24, 2.45) is 17.8 Å². The Labute approximate surface area is 128 Å². The van der Waals surface area contributed by atoms with Crippen molar-refractivity contribution in [3.8, 4) is 0 Å². The molecule has 1 aliphatic carbocycles. The van der Waals surface area contributed by atoms with Gasteiger partial charge in [0.25, 0.3) is 0 Å². The molecule has 3 atom stereocenters. The van der Waals surface area contributed by atoms with Gasteiger partial charge in [-0.25, -0.2) is 0 Å². The fourth-order valence-corrected chi connectivity index (χ4v) is 3.89. The molecule has 0 aliphatic heterocycles. The molecule has 1 heteroatoms. The van der Waals surface area contributed by atoms with Gasteiger partial charge in [0.15, 0.2) is 0 Å². The monoisotopic (exact) mass is 281 g/mol. The second kappa shape index (κ2) is 11.6. The first-order chi connectivity index (χ1) is 9.81. The van der Waals surface area contributed by atoms with E-state index >= 15 is 0 Å². The molecule has 1 aliphatic rings. The van der Waals surface area contributed by atoms with E-state index in [0.717, 1.165) is 17.8 Å². The summed E-state index contributed by atoms with van der Waals surface area (Å²) < 4.78 is 0. The van der Waals surface area contributed by atoms with Gasteiger partial charge in [-0.2, -0.15) is 0 Å². The lowest BCUT2D eigenvalue weighted by Gasteiger charge is -2.36. The van der Waals surface area contributed by atoms with E-state index in [4.69, 9.17) is 0 Å². The van der Waals surface area contributed by atoms with Crippen molar-refractivity contribution >= 4 is 0 Å². The predicted molar refractivity (Wildman–Crippen MR) is 91.1 cm³/mol. The Bertz CT molecular complexity index is 212. The third-order valence-electron chi connectivity index (χ3n) is 5.34. The van der Waals surface area contributed by atoms with Gasteiger partial charge in [0.1, 0.15) is 0 Å². The largest absolute Gasteiger partial charge is 0.316 e. The zero-order valence-electron chi connectivity index (χ0n) is 14.4. The maximum absolute atomic E-state index is 3.68. The molecular formula is C19H39N. The maximum Gasteiger partial charge on any atom is -0.00179 e. The summed E-state index contributed by atoms with van der Waals surface area (Å²) in [6, 6.07) is 0. The number of rotatable bonds is 11. The highest BCUT2D eigenvalue weighted by Crippen LogP contribution is 2.38. The summed E-state index contributed by atoms with van der Waals surface area (Å²) in [5.41, 5.74) is 0. The molecule has 1 nitrogen and oxygen atoms in total. The lowest BCUT2D eigenvalue weighted by molar-refractivity contribution is 0.160. The van der Waals surface area contributed by atoms with Crippen LogP contribution in [0.25, 0.3) is 0 Å². The van der Waals surface area contributed by atoms with Gasteiger partial charge < -0.3 is 5.32 Å². The topological polar surface area (TPSA) is 12.0 Å². The van der Waals surface area contributed by atoms with E-state index in [1.807, 2.05) is 0 Å². The molecule has 0 spiro atoms. The van der Waals surface area contributed by atoms with Crippen molar-refractivity contribution in [2.45, 2.75) is 91.4 Å². The summed E-state index contributed by atoms with van der Waals surface area (Å²) in [7, 11) is 0. The van der Waals surface area contributed by atoms with Gasteiger partial charge in [0, 0.05) is 0 Å². The highest BCUT2D eigenvalue weighted by Gasteiger charge is 2.28. The molecule has 1 saturated carbocycles. The van der Waals surface area contributed by atoms with Gasteiger partial charge >= 0.3 is 0 Å². The smallest absolute Gasteiger partial charge is 0.00179 e. The molecule has 1 fully saturated rings. The quantitative estimate of drug-likeness (QED) is 0.473. The average Bonchev–Trinajstić information content (AvgIpc) is 2.48. The van der Waals surface area contributed by atoms with Crippen LogP contribution in [0.15, 0.2) is 0 Å². The Balaban J connectivity index is 2.29. The van der Waals surface area contributed by atoms with E-state index in [1.165, 1.54) is 83.7 Å². The summed E-state index contributed by atoms with van der Waals surface area (Å²) in [6.45, 7) is 9.45. The molecule has 120 valence electrons. The van der Waals surface area contributed by atoms with Gasteiger partial charge in [0.05, 0.1) is 0 Å². The summed E-state index contributed by atoms with van der Waals surface area (Å²) in [6.07, 6.45) is 15.9. The molecule has 0 saturated heterocycles. The molecule has 0 amide bonds. The van der Waals surface area contributed by atoms with Crippen LogP contribution >= 0.6 is 0 Å².